The van der Waals surface area contributed by atoms with E-state index in [1.165, 1.54) is 0 Å². The predicted molar refractivity (Wildman–Crippen MR) is 52.7 cm³/mol. The van der Waals surface area contributed by atoms with Gasteiger partial charge in [0, 0.05) is 6.92 Å². The molecule has 0 saturated heterocycles. The average molecular weight is 240 g/mol. The molecule has 3 nitrogen and oxygen atoms in total. The molecule has 0 aliphatic rings. The van der Waals surface area contributed by atoms with Gasteiger partial charge >= 0.3 is 0 Å². The molecule has 0 aliphatic carbocycles. The van der Waals surface area contributed by atoms with E-state index in [9.17, 15) is 4.79 Å². The van der Waals surface area contributed by atoms with E-state index in [2.05, 4.69) is 20.9 Å². The maximum atomic E-state index is 11.6. The first-order chi connectivity index (χ1) is 6.18. The van der Waals surface area contributed by atoms with Crippen LogP contribution in [0.15, 0.2) is 31.9 Å². The van der Waals surface area contributed by atoms with Crippen LogP contribution in [0.1, 0.15) is 5.89 Å². The second kappa shape index (κ2) is 2.96. The lowest BCUT2D eigenvalue weighted by atomic mass is 10.4. The van der Waals surface area contributed by atoms with Gasteiger partial charge in [0.05, 0.1) is 4.47 Å². The quantitative estimate of drug-likeness (QED) is 0.709. The summed E-state index contributed by atoms with van der Waals surface area (Å²) in [7, 11) is 0. The molecule has 0 unspecified atom stereocenters. The highest BCUT2D eigenvalue weighted by molar-refractivity contribution is 9.10. The highest BCUT2D eigenvalue weighted by Crippen LogP contribution is 2.12. The molecule has 0 spiro atoms. The van der Waals surface area contributed by atoms with Crippen LogP contribution in [0, 0.1) is 6.92 Å². The lowest BCUT2D eigenvalue weighted by Gasteiger charge is -1.77. The molecule has 13 heavy (non-hydrogen) atoms. The minimum absolute atomic E-state index is 0.166. The average Bonchev–Trinajstić information content (AvgIpc) is 2.40. The third-order valence-corrected chi connectivity index (χ3v) is 2.30. The molecular weight excluding hydrogens is 234 g/mol. The largest absolute Gasteiger partial charge is 0.437 e. The van der Waals surface area contributed by atoms with Gasteiger partial charge in [-0.2, -0.15) is 0 Å². The van der Waals surface area contributed by atoms with Crippen LogP contribution < -0.4 is 5.43 Å². The third kappa shape index (κ3) is 1.37. The summed E-state index contributed by atoms with van der Waals surface area (Å²) in [6, 6.07) is 5.18. The van der Waals surface area contributed by atoms with Crippen molar-refractivity contribution >= 4 is 27.0 Å². The van der Waals surface area contributed by atoms with Crippen molar-refractivity contribution in [3.8, 4) is 0 Å². The molecule has 1 heterocycles. The van der Waals surface area contributed by atoms with Crippen LogP contribution in [0.3, 0.4) is 0 Å². The number of halogens is 1. The van der Waals surface area contributed by atoms with Gasteiger partial charge in [-0.3, -0.25) is 4.79 Å². The molecule has 2 rings (SSSR count). The van der Waals surface area contributed by atoms with Crippen LogP contribution >= 0.6 is 15.9 Å². The molecule has 0 aliphatic heterocycles. The number of aryl methyl sites for hydroxylation is 1. The van der Waals surface area contributed by atoms with E-state index >= 15 is 0 Å². The van der Waals surface area contributed by atoms with Gasteiger partial charge in [0.2, 0.25) is 11.0 Å². The molecule has 0 radical (unpaired) electrons. The minimum Gasteiger partial charge on any atom is -0.437 e. The maximum Gasteiger partial charge on any atom is 0.237 e. The van der Waals surface area contributed by atoms with Crippen LogP contribution in [-0.2, 0) is 0 Å². The molecule has 2 aromatic rings. The zero-order valence-electron chi connectivity index (χ0n) is 6.87. The number of nitrogens with zero attached hydrogens (tertiary/aromatic N) is 1. The lowest BCUT2D eigenvalue weighted by molar-refractivity contribution is 0.558. The van der Waals surface area contributed by atoms with Crippen LogP contribution in [0.5, 0.6) is 0 Å². The van der Waals surface area contributed by atoms with E-state index in [4.69, 9.17) is 4.42 Å². The fourth-order valence-corrected chi connectivity index (χ4v) is 1.46. The third-order valence-electron chi connectivity index (χ3n) is 1.68. The summed E-state index contributed by atoms with van der Waals surface area (Å²) >= 11 is 3.16. The van der Waals surface area contributed by atoms with Crippen molar-refractivity contribution < 1.29 is 4.42 Å². The zero-order valence-corrected chi connectivity index (χ0v) is 8.46. The maximum absolute atomic E-state index is 11.6. The van der Waals surface area contributed by atoms with Crippen molar-refractivity contribution in [3.63, 3.8) is 0 Å². The Balaban J connectivity index is 3.04. The van der Waals surface area contributed by atoms with E-state index in [1.807, 2.05) is 0 Å². The SMILES string of the molecule is Cc1nc2cccc(Br)c(=O)c2o1. The molecular formula is C9H6BrNO2. The number of rotatable bonds is 0. The van der Waals surface area contributed by atoms with E-state index < -0.39 is 0 Å². The van der Waals surface area contributed by atoms with Crippen LogP contribution in [0.25, 0.3) is 11.1 Å². The van der Waals surface area contributed by atoms with Crippen molar-refractivity contribution in [1.29, 1.82) is 0 Å². The fourth-order valence-electron chi connectivity index (χ4n) is 1.13. The standard InChI is InChI=1S/C9H6BrNO2/c1-5-11-7-4-2-3-6(10)8(12)9(7)13-5/h2-4H,1H3. The molecule has 0 amide bonds. The number of fused-ring (bicyclic) bond motifs is 1. The smallest absolute Gasteiger partial charge is 0.237 e. The molecule has 0 fully saturated rings. The van der Waals surface area contributed by atoms with Crippen LogP contribution in [0.2, 0.25) is 0 Å². The Bertz CT molecular complexity index is 518. The van der Waals surface area contributed by atoms with Crippen molar-refractivity contribution in [1.82, 2.24) is 4.98 Å². The first kappa shape index (κ1) is 8.44. The normalized spacial score (nSPS) is 10.6. The number of hydrogen-bond donors (Lipinski definition) is 0. The first-order valence-electron chi connectivity index (χ1n) is 3.74. The highest BCUT2D eigenvalue weighted by Gasteiger charge is 2.05. The van der Waals surface area contributed by atoms with Crippen molar-refractivity contribution in [2.75, 3.05) is 0 Å². The van der Waals surface area contributed by atoms with E-state index in [-0.39, 0.29) is 5.43 Å². The fraction of sp³-hybridized carbons (Fsp3) is 0.111. The second-order valence-electron chi connectivity index (χ2n) is 2.65. The van der Waals surface area contributed by atoms with Gasteiger partial charge in [0.25, 0.3) is 0 Å². The predicted octanol–water partition coefficient (Wildman–Crippen LogP) is 2.26. The Morgan fingerprint density at radius 2 is 2.23 bits per heavy atom. The molecule has 66 valence electrons. The van der Waals surface area contributed by atoms with Gasteiger partial charge in [0.15, 0.2) is 5.89 Å². The molecule has 1 aromatic heterocycles. The molecule has 0 saturated carbocycles. The van der Waals surface area contributed by atoms with E-state index in [1.54, 1.807) is 25.1 Å². The number of oxazole rings is 1. The molecule has 0 bridgehead atoms. The lowest BCUT2D eigenvalue weighted by Crippen LogP contribution is -1.96. The monoisotopic (exact) mass is 239 g/mol. The van der Waals surface area contributed by atoms with Crippen LogP contribution in [0.4, 0.5) is 0 Å². The Morgan fingerprint density at radius 1 is 1.46 bits per heavy atom. The Labute approximate surface area is 82.5 Å². The molecule has 4 heteroatoms. The van der Waals surface area contributed by atoms with E-state index in [0.717, 1.165) is 0 Å². The van der Waals surface area contributed by atoms with Gasteiger partial charge in [-0.1, -0.05) is 6.07 Å². The summed E-state index contributed by atoms with van der Waals surface area (Å²) in [4.78, 5) is 15.6. The summed E-state index contributed by atoms with van der Waals surface area (Å²) in [5.74, 6) is 0.505. The summed E-state index contributed by atoms with van der Waals surface area (Å²) in [5, 5.41) is 0. The number of hydrogen-bond acceptors (Lipinski definition) is 3. The van der Waals surface area contributed by atoms with Crippen molar-refractivity contribution in [2.45, 2.75) is 6.92 Å². The van der Waals surface area contributed by atoms with Gasteiger partial charge in [-0.05, 0) is 28.1 Å². The zero-order chi connectivity index (χ0) is 9.42. The summed E-state index contributed by atoms with van der Waals surface area (Å²) < 4.78 is 5.67. The Kier molecular flexibility index (Phi) is 1.92. The van der Waals surface area contributed by atoms with Crippen LogP contribution in [-0.4, -0.2) is 4.98 Å². The van der Waals surface area contributed by atoms with Gasteiger partial charge in [-0.25, -0.2) is 4.98 Å². The molecule has 1 aromatic carbocycles. The molecule has 0 N–H and O–H groups in total. The van der Waals surface area contributed by atoms with Gasteiger partial charge in [0.1, 0.15) is 5.52 Å². The second-order valence-corrected chi connectivity index (χ2v) is 3.50. The van der Waals surface area contributed by atoms with Crippen molar-refractivity contribution in [3.05, 3.63) is 38.8 Å². The molecule has 0 atom stereocenters. The van der Waals surface area contributed by atoms with Gasteiger partial charge < -0.3 is 4.42 Å². The Hall–Kier alpha value is -1.16. The van der Waals surface area contributed by atoms with E-state index in [0.29, 0.717) is 21.5 Å². The van der Waals surface area contributed by atoms with Crippen molar-refractivity contribution in [2.24, 2.45) is 0 Å². The van der Waals surface area contributed by atoms with Gasteiger partial charge in [-0.15, -0.1) is 0 Å². The summed E-state index contributed by atoms with van der Waals surface area (Å²) in [6.45, 7) is 1.72. The Morgan fingerprint density at radius 3 is 3.00 bits per heavy atom. The summed E-state index contributed by atoms with van der Waals surface area (Å²) in [6.07, 6.45) is 0. The number of aromatic nitrogens is 1. The first-order valence-corrected chi connectivity index (χ1v) is 4.54. The highest BCUT2D eigenvalue weighted by atomic mass is 79.9. The topological polar surface area (TPSA) is 43.1 Å². The summed E-state index contributed by atoms with van der Waals surface area (Å²) in [5.41, 5.74) is 0.725. The minimum atomic E-state index is -0.166.